The monoisotopic (exact) mass is 343 g/mol. The maximum atomic E-state index is 12.2. The second-order valence-electron chi connectivity index (χ2n) is 6.60. The fourth-order valence-electron chi connectivity index (χ4n) is 4.03. The summed E-state index contributed by atoms with van der Waals surface area (Å²) in [5, 5.41) is 3.60. The van der Waals surface area contributed by atoms with Crippen LogP contribution in [0, 0.1) is 0 Å². The molecule has 1 atom stereocenters. The Balaban J connectivity index is 2.01. The second kappa shape index (κ2) is 6.43. The minimum absolute atomic E-state index is 0.276. The van der Waals surface area contributed by atoms with Gasteiger partial charge in [0.05, 0.1) is 12.6 Å². The Morgan fingerprint density at radius 2 is 1.35 bits per heavy atom. The third-order valence-corrected chi connectivity index (χ3v) is 5.15. The lowest BCUT2D eigenvalue weighted by molar-refractivity contribution is -0.143. The van der Waals surface area contributed by atoms with E-state index in [-0.39, 0.29) is 5.97 Å². The summed E-state index contributed by atoms with van der Waals surface area (Å²) in [6.07, 6.45) is 0. The Labute approximate surface area is 153 Å². The van der Waals surface area contributed by atoms with E-state index in [1.807, 2.05) is 37.3 Å². The molecule has 0 unspecified atom stereocenters. The van der Waals surface area contributed by atoms with Gasteiger partial charge in [-0.05, 0) is 34.7 Å². The summed E-state index contributed by atoms with van der Waals surface area (Å²) < 4.78 is 4.98. The third kappa shape index (κ3) is 2.36. The van der Waals surface area contributed by atoms with Crippen molar-refractivity contribution in [1.82, 2.24) is 5.32 Å². The molecule has 3 aromatic rings. The van der Waals surface area contributed by atoms with Gasteiger partial charge in [-0.15, -0.1) is 0 Å². The van der Waals surface area contributed by atoms with E-state index in [9.17, 15) is 4.79 Å². The van der Waals surface area contributed by atoms with Crippen molar-refractivity contribution in [1.29, 1.82) is 0 Å². The van der Waals surface area contributed by atoms with E-state index in [0.717, 1.165) is 16.7 Å². The van der Waals surface area contributed by atoms with E-state index < -0.39 is 11.6 Å². The first-order chi connectivity index (χ1) is 12.7. The number of hydrogen-bond acceptors (Lipinski definition) is 3. The van der Waals surface area contributed by atoms with Crippen LogP contribution in [-0.2, 0) is 15.1 Å². The minimum Gasteiger partial charge on any atom is -0.468 e. The van der Waals surface area contributed by atoms with Gasteiger partial charge in [-0.3, -0.25) is 10.1 Å². The van der Waals surface area contributed by atoms with Crippen LogP contribution < -0.4 is 5.32 Å². The molecule has 0 saturated heterocycles. The topological polar surface area (TPSA) is 38.3 Å². The van der Waals surface area contributed by atoms with E-state index in [1.54, 1.807) is 0 Å². The van der Waals surface area contributed by atoms with Gasteiger partial charge in [0.15, 0.2) is 0 Å². The molecule has 0 amide bonds. The molecular formula is C23H21NO2. The molecule has 3 heteroatoms. The number of ether oxygens (including phenoxy) is 1. The van der Waals surface area contributed by atoms with Gasteiger partial charge in [-0.1, -0.05) is 78.9 Å². The maximum absolute atomic E-state index is 12.2. The van der Waals surface area contributed by atoms with Crippen LogP contribution in [0.3, 0.4) is 0 Å². The number of esters is 1. The summed E-state index contributed by atoms with van der Waals surface area (Å²) in [6.45, 7) is 1.85. The zero-order chi connectivity index (χ0) is 18.1. The van der Waals surface area contributed by atoms with E-state index in [1.165, 1.54) is 18.2 Å². The first-order valence-corrected chi connectivity index (χ1v) is 8.79. The Kier molecular flexibility index (Phi) is 4.09. The normalized spacial score (nSPS) is 15.0. The number of benzene rings is 3. The smallest absolute Gasteiger partial charge is 0.322 e. The van der Waals surface area contributed by atoms with Crippen molar-refractivity contribution >= 4 is 5.97 Å². The van der Waals surface area contributed by atoms with Gasteiger partial charge >= 0.3 is 5.97 Å². The zero-order valence-electron chi connectivity index (χ0n) is 14.9. The number of methoxy groups -OCH3 is 1. The number of rotatable bonds is 4. The second-order valence-corrected chi connectivity index (χ2v) is 6.60. The highest BCUT2D eigenvalue weighted by molar-refractivity contribution is 5.84. The third-order valence-electron chi connectivity index (χ3n) is 5.15. The highest BCUT2D eigenvalue weighted by Crippen LogP contribution is 2.50. The summed E-state index contributed by atoms with van der Waals surface area (Å²) in [6, 6.07) is 26.6. The molecule has 26 heavy (non-hydrogen) atoms. The number of fused-ring (bicyclic) bond motifs is 3. The minimum atomic E-state index is -0.595. The van der Waals surface area contributed by atoms with E-state index >= 15 is 0 Å². The first-order valence-electron chi connectivity index (χ1n) is 8.79. The Hall–Kier alpha value is -2.91. The standard InChI is InChI=1S/C23H21NO2/c1-16(22(25)26-2)24-23(17-10-4-3-5-11-17)20-14-8-6-12-18(20)19-13-7-9-15-21(19)23/h3-16,24H,1-2H3/t16-/m0/s1. The number of carbonyl (C=O) groups excluding carboxylic acids is 1. The molecule has 0 spiro atoms. The van der Waals surface area contributed by atoms with Gasteiger partial charge in [0.25, 0.3) is 0 Å². The molecule has 4 rings (SSSR count). The van der Waals surface area contributed by atoms with Crippen LogP contribution in [0.5, 0.6) is 0 Å². The van der Waals surface area contributed by atoms with Gasteiger partial charge < -0.3 is 4.74 Å². The van der Waals surface area contributed by atoms with Crippen LogP contribution in [0.1, 0.15) is 23.6 Å². The molecule has 3 nitrogen and oxygen atoms in total. The van der Waals surface area contributed by atoms with Crippen molar-refractivity contribution < 1.29 is 9.53 Å². The molecule has 130 valence electrons. The van der Waals surface area contributed by atoms with Crippen LogP contribution in [0.2, 0.25) is 0 Å². The van der Waals surface area contributed by atoms with Crippen molar-refractivity contribution in [3.05, 3.63) is 95.6 Å². The molecule has 1 aliphatic carbocycles. The van der Waals surface area contributed by atoms with Crippen molar-refractivity contribution in [2.45, 2.75) is 18.5 Å². The molecule has 1 N–H and O–H groups in total. The van der Waals surface area contributed by atoms with Gasteiger partial charge in [0.1, 0.15) is 6.04 Å². The fraction of sp³-hybridized carbons (Fsp3) is 0.174. The number of carbonyl (C=O) groups is 1. The average Bonchev–Trinajstić information content (AvgIpc) is 2.99. The highest BCUT2D eigenvalue weighted by atomic mass is 16.5. The Morgan fingerprint density at radius 3 is 1.88 bits per heavy atom. The lowest BCUT2D eigenvalue weighted by Crippen LogP contribution is -2.50. The molecule has 0 aliphatic heterocycles. The molecule has 3 aromatic carbocycles. The lowest BCUT2D eigenvalue weighted by atomic mass is 9.80. The summed E-state index contributed by atoms with van der Waals surface area (Å²) in [5.41, 5.74) is 5.20. The molecule has 0 heterocycles. The van der Waals surface area contributed by atoms with Crippen LogP contribution in [0.15, 0.2) is 78.9 Å². The summed E-state index contributed by atoms with van der Waals surface area (Å²) >= 11 is 0. The van der Waals surface area contributed by atoms with E-state index in [2.05, 4.69) is 53.8 Å². The predicted octanol–water partition coefficient (Wildman–Crippen LogP) is 4.11. The summed E-state index contributed by atoms with van der Waals surface area (Å²) in [7, 11) is 1.42. The molecule has 0 aromatic heterocycles. The van der Waals surface area contributed by atoms with Crippen LogP contribution >= 0.6 is 0 Å². The van der Waals surface area contributed by atoms with Crippen molar-refractivity contribution in [2.75, 3.05) is 7.11 Å². The Morgan fingerprint density at radius 1 is 0.846 bits per heavy atom. The van der Waals surface area contributed by atoms with Gasteiger partial charge in [-0.2, -0.15) is 0 Å². The van der Waals surface area contributed by atoms with Gasteiger partial charge in [0, 0.05) is 0 Å². The Bertz CT molecular complexity index is 904. The summed E-state index contributed by atoms with van der Waals surface area (Å²) in [4.78, 5) is 12.2. The number of nitrogens with one attached hydrogen (secondary N) is 1. The average molecular weight is 343 g/mol. The molecule has 0 saturated carbocycles. The molecule has 1 aliphatic rings. The lowest BCUT2D eigenvalue weighted by Gasteiger charge is -2.36. The SMILES string of the molecule is COC(=O)[C@H](C)NC1(c2ccccc2)c2ccccc2-c2ccccc21. The van der Waals surface area contributed by atoms with Crippen molar-refractivity contribution in [2.24, 2.45) is 0 Å². The van der Waals surface area contributed by atoms with E-state index in [0.29, 0.717) is 0 Å². The van der Waals surface area contributed by atoms with Crippen molar-refractivity contribution in [3.8, 4) is 11.1 Å². The first kappa shape index (κ1) is 16.6. The van der Waals surface area contributed by atoms with Crippen LogP contribution in [0.4, 0.5) is 0 Å². The molecule has 0 radical (unpaired) electrons. The largest absolute Gasteiger partial charge is 0.468 e. The fourth-order valence-corrected chi connectivity index (χ4v) is 4.03. The van der Waals surface area contributed by atoms with Crippen LogP contribution in [-0.4, -0.2) is 19.1 Å². The summed E-state index contributed by atoms with van der Waals surface area (Å²) in [5.74, 6) is -0.276. The van der Waals surface area contributed by atoms with Crippen molar-refractivity contribution in [3.63, 3.8) is 0 Å². The predicted molar refractivity (Wildman–Crippen MR) is 103 cm³/mol. The molecular weight excluding hydrogens is 322 g/mol. The van der Waals surface area contributed by atoms with Gasteiger partial charge in [-0.25, -0.2) is 0 Å². The number of hydrogen-bond donors (Lipinski definition) is 1. The molecule has 0 bridgehead atoms. The zero-order valence-corrected chi connectivity index (χ0v) is 14.9. The van der Waals surface area contributed by atoms with Gasteiger partial charge in [0.2, 0.25) is 0 Å². The van der Waals surface area contributed by atoms with Crippen LogP contribution in [0.25, 0.3) is 11.1 Å². The van der Waals surface area contributed by atoms with E-state index in [4.69, 9.17) is 4.74 Å². The highest BCUT2D eigenvalue weighted by Gasteiger charge is 2.45. The maximum Gasteiger partial charge on any atom is 0.322 e. The quantitative estimate of drug-likeness (QED) is 0.725. The molecule has 0 fully saturated rings.